The minimum absolute atomic E-state index is 0.107. The molecule has 1 N–H and O–H groups in total. The van der Waals surface area contributed by atoms with Gasteiger partial charge in [0.1, 0.15) is 5.82 Å². The normalized spacial score (nSPS) is 10.8. The monoisotopic (exact) mass is 361 g/mol. The van der Waals surface area contributed by atoms with Crippen molar-refractivity contribution >= 4 is 35.1 Å². The Morgan fingerprint density at radius 1 is 1.29 bits per heavy atom. The van der Waals surface area contributed by atoms with Gasteiger partial charge in [-0.05, 0) is 11.6 Å². The molecule has 0 saturated heterocycles. The van der Waals surface area contributed by atoms with E-state index in [1.807, 2.05) is 42.1 Å². The number of hydrogen-bond acceptors (Lipinski definition) is 4. The number of rotatable bonds is 6. The Hall–Kier alpha value is -2.25. The van der Waals surface area contributed by atoms with E-state index in [1.54, 1.807) is 23.1 Å². The Bertz CT molecular complexity index is 844. The van der Waals surface area contributed by atoms with Crippen LogP contribution < -0.4 is 5.32 Å². The largest absolute Gasteiger partial charge is 0.329 e. The summed E-state index contributed by atoms with van der Waals surface area (Å²) < 4.78 is 3.59. The summed E-state index contributed by atoms with van der Waals surface area (Å²) >= 11 is 7.56. The van der Waals surface area contributed by atoms with Crippen molar-refractivity contribution in [1.29, 1.82) is 0 Å². The molecule has 0 bridgehead atoms. The van der Waals surface area contributed by atoms with Crippen LogP contribution in [0.3, 0.4) is 0 Å². The van der Waals surface area contributed by atoms with E-state index in [0.29, 0.717) is 17.4 Å². The molecule has 0 radical (unpaired) electrons. The molecule has 0 saturated carbocycles. The number of aryl methyl sites for hydroxylation is 1. The molecule has 0 atom stereocenters. The van der Waals surface area contributed by atoms with E-state index in [-0.39, 0.29) is 11.7 Å². The average Bonchev–Trinajstić information content (AvgIpc) is 3.17. The van der Waals surface area contributed by atoms with Crippen LogP contribution in [0.4, 0.5) is 5.82 Å². The van der Waals surface area contributed by atoms with Gasteiger partial charge < -0.3 is 9.88 Å². The van der Waals surface area contributed by atoms with Gasteiger partial charge in [-0.15, -0.1) is 0 Å². The zero-order chi connectivity index (χ0) is 16.9. The third-order valence-corrected chi connectivity index (χ3v) is 4.80. The topological polar surface area (TPSA) is 64.7 Å². The molecule has 2 heterocycles. The molecule has 24 heavy (non-hydrogen) atoms. The number of halogens is 1. The summed E-state index contributed by atoms with van der Waals surface area (Å²) in [5, 5.41) is 8.60. The van der Waals surface area contributed by atoms with E-state index in [9.17, 15) is 4.79 Å². The van der Waals surface area contributed by atoms with Crippen LogP contribution in [0.5, 0.6) is 0 Å². The van der Waals surface area contributed by atoms with Crippen LogP contribution in [0.2, 0.25) is 5.02 Å². The van der Waals surface area contributed by atoms with Gasteiger partial charge in [-0.25, -0.2) is 9.67 Å². The van der Waals surface area contributed by atoms with Crippen molar-refractivity contribution in [2.24, 2.45) is 7.05 Å². The molecule has 3 rings (SSSR count). The maximum atomic E-state index is 12.2. The minimum Gasteiger partial charge on any atom is -0.329 e. The summed E-state index contributed by atoms with van der Waals surface area (Å²) in [5.74, 6) is 0.812. The highest BCUT2D eigenvalue weighted by Crippen LogP contribution is 2.19. The van der Waals surface area contributed by atoms with E-state index < -0.39 is 0 Å². The van der Waals surface area contributed by atoms with Gasteiger partial charge in [0.2, 0.25) is 5.91 Å². The summed E-state index contributed by atoms with van der Waals surface area (Å²) in [6.07, 6.45) is 5.20. The number of carbonyl (C=O) groups is 1. The first-order valence-electron chi connectivity index (χ1n) is 7.28. The highest BCUT2D eigenvalue weighted by Gasteiger charge is 2.10. The Morgan fingerprint density at radius 2 is 2.12 bits per heavy atom. The molecule has 1 aromatic carbocycles. The molecule has 0 unspecified atom stereocenters. The molecule has 124 valence electrons. The lowest BCUT2D eigenvalue weighted by atomic mass is 10.2. The number of thioether (sulfide) groups is 1. The average molecular weight is 362 g/mol. The second kappa shape index (κ2) is 7.55. The standard InChI is InChI=1S/C16H16ClN5OS/c1-21-9-8-18-16(21)24-11-15(23)20-14-6-7-19-22(14)10-12-4-2-3-5-13(12)17/h2-9H,10-11H2,1H3,(H,20,23). The van der Waals surface area contributed by atoms with E-state index in [0.717, 1.165) is 10.7 Å². The van der Waals surface area contributed by atoms with E-state index in [1.165, 1.54) is 11.8 Å². The fourth-order valence-corrected chi connectivity index (χ4v) is 3.08. The fraction of sp³-hybridized carbons (Fsp3) is 0.188. The molecule has 6 nitrogen and oxygen atoms in total. The van der Waals surface area contributed by atoms with Gasteiger partial charge in [0, 0.05) is 30.5 Å². The minimum atomic E-state index is -0.107. The maximum absolute atomic E-state index is 12.2. The first-order chi connectivity index (χ1) is 11.6. The Kier molecular flexibility index (Phi) is 5.22. The van der Waals surface area contributed by atoms with Crippen LogP contribution in [0, 0.1) is 0 Å². The summed E-state index contributed by atoms with van der Waals surface area (Å²) in [6.45, 7) is 0.495. The van der Waals surface area contributed by atoms with Gasteiger partial charge in [0.25, 0.3) is 0 Å². The zero-order valence-corrected chi connectivity index (χ0v) is 14.6. The van der Waals surface area contributed by atoms with Crippen molar-refractivity contribution in [1.82, 2.24) is 19.3 Å². The van der Waals surface area contributed by atoms with Crippen LogP contribution in [0.15, 0.2) is 54.1 Å². The van der Waals surface area contributed by atoms with Crippen molar-refractivity contribution in [2.75, 3.05) is 11.1 Å². The molecular formula is C16H16ClN5OS. The predicted molar refractivity (Wildman–Crippen MR) is 95.3 cm³/mol. The molecule has 0 aliphatic carbocycles. The molecule has 0 aliphatic heterocycles. The summed E-state index contributed by atoms with van der Waals surface area (Å²) in [7, 11) is 1.89. The van der Waals surface area contributed by atoms with Crippen molar-refractivity contribution in [3.63, 3.8) is 0 Å². The highest BCUT2D eigenvalue weighted by molar-refractivity contribution is 7.99. The van der Waals surface area contributed by atoms with Crippen LogP contribution in [-0.2, 0) is 18.4 Å². The van der Waals surface area contributed by atoms with Crippen LogP contribution >= 0.6 is 23.4 Å². The number of hydrogen-bond donors (Lipinski definition) is 1. The molecule has 0 fully saturated rings. The van der Waals surface area contributed by atoms with Gasteiger partial charge in [-0.1, -0.05) is 41.6 Å². The van der Waals surface area contributed by atoms with Crippen molar-refractivity contribution in [3.05, 3.63) is 59.5 Å². The summed E-state index contributed by atoms with van der Waals surface area (Å²) in [5.41, 5.74) is 0.945. The number of anilines is 1. The SMILES string of the molecule is Cn1ccnc1SCC(=O)Nc1ccnn1Cc1ccccc1Cl. The number of nitrogens with one attached hydrogen (secondary N) is 1. The second-order valence-corrected chi connectivity index (χ2v) is 6.47. The number of imidazole rings is 1. The predicted octanol–water partition coefficient (Wildman–Crippen LogP) is 3.05. The lowest BCUT2D eigenvalue weighted by Gasteiger charge is -2.10. The Balaban J connectivity index is 1.62. The first kappa shape index (κ1) is 16.6. The molecule has 3 aromatic rings. The summed E-state index contributed by atoms with van der Waals surface area (Å²) in [4.78, 5) is 16.3. The van der Waals surface area contributed by atoms with E-state index in [2.05, 4.69) is 15.4 Å². The van der Waals surface area contributed by atoms with Crippen LogP contribution in [0.25, 0.3) is 0 Å². The molecule has 0 spiro atoms. The van der Waals surface area contributed by atoms with E-state index >= 15 is 0 Å². The molecule has 2 aromatic heterocycles. The maximum Gasteiger partial charge on any atom is 0.235 e. The van der Waals surface area contributed by atoms with E-state index in [4.69, 9.17) is 11.6 Å². The molecule has 0 aliphatic rings. The van der Waals surface area contributed by atoms with Crippen molar-refractivity contribution in [2.45, 2.75) is 11.7 Å². The lowest BCUT2D eigenvalue weighted by molar-refractivity contribution is -0.113. The zero-order valence-electron chi connectivity index (χ0n) is 13.0. The first-order valence-corrected chi connectivity index (χ1v) is 8.65. The fourth-order valence-electron chi connectivity index (χ4n) is 2.15. The van der Waals surface area contributed by atoms with Gasteiger partial charge in [-0.2, -0.15) is 5.10 Å². The number of nitrogens with zero attached hydrogens (tertiary/aromatic N) is 4. The molecular weight excluding hydrogens is 346 g/mol. The van der Waals surface area contributed by atoms with Gasteiger partial charge in [0.15, 0.2) is 5.16 Å². The number of amides is 1. The number of carbonyl (C=O) groups excluding carboxylic acids is 1. The van der Waals surface area contributed by atoms with Gasteiger partial charge >= 0.3 is 0 Å². The highest BCUT2D eigenvalue weighted by atomic mass is 35.5. The third-order valence-electron chi connectivity index (χ3n) is 3.37. The molecule has 8 heteroatoms. The Morgan fingerprint density at radius 3 is 2.88 bits per heavy atom. The molecule has 1 amide bonds. The number of benzene rings is 1. The quantitative estimate of drug-likeness (QED) is 0.685. The second-order valence-electron chi connectivity index (χ2n) is 5.12. The van der Waals surface area contributed by atoms with Crippen LogP contribution in [-0.4, -0.2) is 31.0 Å². The summed E-state index contributed by atoms with van der Waals surface area (Å²) in [6, 6.07) is 9.34. The smallest absolute Gasteiger partial charge is 0.235 e. The number of aromatic nitrogens is 4. The van der Waals surface area contributed by atoms with Crippen molar-refractivity contribution in [3.8, 4) is 0 Å². The Labute approximate surface area is 148 Å². The lowest BCUT2D eigenvalue weighted by Crippen LogP contribution is -2.18. The van der Waals surface area contributed by atoms with Gasteiger partial charge in [0.05, 0.1) is 18.5 Å². The van der Waals surface area contributed by atoms with Gasteiger partial charge in [-0.3, -0.25) is 4.79 Å². The van der Waals surface area contributed by atoms with Crippen molar-refractivity contribution < 1.29 is 4.79 Å². The van der Waals surface area contributed by atoms with Crippen LogP contribution in [0.1, 0.15) is 5.56 Å². The third kappa shape index (κ3) is 3.98.